The first-order chi connectivity index (χ1) is 10.8. The average molecular weight is 337 g/mol. The molecule has 2 aromatic rings. The zero-order valence-electron chi connectivity index (χ0n) is 13.1. The van der Waals surface area contributed by atoms with Gasteiger partial charge in [-0.05, 0) is 19.9 Å². The number of benzene rings is 1. The molecule has 0 spiro atoms. The van der Waals surface area contributed by atoms with E-state index in [9.17, 15) is 14.9 Å². The highest BCUT2D eigenvalue weighted by Crippen LogP contribution is 2.23. The molecule has 2 rings (SSSR count). The molecule has 1 aromatic carbocycles. The minimum atomic E-state index is -0.553. The van der Waals surface area contributed by atoms with Crippen molar-refractivity contribution in [2.24, 2.45) is 0 Å². The first-order valence-corrected chi connectivity index (χ1v) is 7.43. The fraction of sp³-hybridized carbons (Fsp3) is 0.333. The first-order valence-electron chi connectivity index (χ1n) is 7.05. The van der Waals surface area contributed by atoms with Crippen LogP contribution in [-0.4, -0.2) is 32.6 Å². The van der Waals surface area contributed by atoms with Crippen molar-refractivity contribution in [3.05, 3.63) is 56.4 Å². The first kappa shape index (κ1) is 17.0. The van der Waals surface area contributed by atoms with Gasteiger partial charge in [0.1, 0.15) is 0 Å². The highest BCUT2D eigenvalue weighted by atomic mass is 35.5. The zero-order valence-corrected chi connectivity index (χ0v) is 13.9. The molecule has 0 bridgehead atoms. The summed E-state index contributed by atoms with van der Waals surface area (Å²) in [4.78, 5) is 24.3. The maximum absolute atomic E-state index is 12.5. The Morgan fingerprint density at radius 1 is 1.48 bits per heavy atom. The lowest BCUT2D eigenvalue weighted by Gasteiger charge is -2.17. The molecule has 1 aromatic heterocycles. The molecule has 0 radical (unpaired) electrons. The molecular weight excluding hydrogens is 320 g/mol. The molecule has 0 aliphatic rings. The van der Waals surface area contributed by atoms with Gasteiger partial charge < -0.3 is 4.90 Å². The van der Waals surface area contributed by atoms with Gasteiger partial charge in [0.25, 0.3) is 11.6 Å². The van der Waals surface area contributed by atoms with E-state index in [2.05, 4.69) is 5.10 Å². The molecule has 1 amide bonds. The maximum atomic E-state index is 12.5. The van der Waals surface area contributed by atoms with Gasteiger partial charge in [0.15, 0.2) is 0 Å². The number of rotatable bonds is 5. The fourth-order valence-electron chi connectivity index (χ4n) is 2.20. The molecular formula is C15H17ClN4O3. The van der Waals surface area contributed by atoms with Crippen LogP contribution in [0.1, 0.15) is 28.5 Å². The molecule has 7 nitrogen and oxygen atoms in total. The summed E-state index contributed by atoms with van der Waals surface area (Å²) in [5.41, 5.74) is 1.71. The van der Waals surface area contributed by atoms with Crippen LogP contribution < -0.4 is 0 Å². The number of nitro groups is 1. The van der Waals surface area contributed by atoms with Crippen LogP contribution in [0.2, 0.25) is 5.02 Å². The van der Waals surface area contributed by atoms with E-state index in [1.54, 1.807) is 11.7 Å². The van der Waals surface area contributed by atoms with Gasteiger partial charge in [-0.3, -0.25) is 19.6 Å². The van der Waals surface area contributed by atoms with Crippen molar-refractivity contribution in [3.8, 4) is 0 Å². The van der Waals surface area contributed by atoms with Crippen molar-refractivity contribution < 1.29 is 9.72 Å². The summed E-state index contributed by atoms with van der Waals surface area (Å²) in [6.07, 6.45) is 1.88. The Bertz CT molecular complexity index is 757. The number of carbonyl (C=O) groups excluding carboxylic acids is 1. The second kappa shape index (κ2) is 6.78. The topological polar surface area (TPSA) is 81.3 Å². The number of hydrogen-bond acceptors (Lipinski definition) is 4. The smallest absolute Gasteiger partial charge is 0.270 e. The van der Waals surface area contributed by atoms with E-state index < -0.39 is 4.92 Å². The number of nitrogens with zero attached hydrogens (tertiary/aromatic N) is 4. The Hall–Kier alpha value is -2.41. The standard InChI is InChI=1S/C15H17ClN4O3/c1-4-19-9-11(10(2)17-19)8-18(3)15(21)13-7-12(20(22)23)5-6-14(13)16/h5-7,9H,4,8H2,1-3H3. The number of nitro benzene ring substituents is 1. The van der Waals surface area contributed by atoms with Crippen molar-refractivity contribution in [3.63, 3.8) is 0 Å². The van der Waals surface area contributed by atoms with Gasteiger partial charge in [0, 0.05) is 44.0 Å². The molecule has 122 valence electrons. The summed E-state index contributed by atoms with van der Waals surface area (Å²) in [6.45, 7) is 4.95. The molecule has 0 unspecified atom stereocenters. The number of halogens is 1. The number of amides is 1. The van der Waals surface area contributed by atoms with Crippen LogP contribution in [0.4, 0.5) is 5.69 Å². The molecule has 0 aliphatic heterocycles. The molecule has 0 saturated carbocycles. The maximum Gasteiger partial charge on any atom is 0.270 e. The van der Waals surface area contributed by atoms with E-state index in [-0.39, 0.29) is 22.2 Å². The van der Waals surface area contributed by atoms with Gasteiger partial charge in [0.05, 0.1) is 21.2 Å². The highest BCUT2D eigenvalue weighted by Gasteiger charge is 2.20. The summed E-state index contributed by atoms with van der Waals surface area (Å²) in [6, 6.07) is 3.83. The third kappa shape index (κ3) is 3.68. The van der Waals surface area contributed by atoms with Crippen molar-refractivity contribution in [1.82, 2.24) is 14.7 Å². The molecule has 8 heteroatoms. The molecule has 1 heterocycles. The normalized spacial score (nSPS) is 10.6. The lowest BCUT2D eigenvalue weighted by atomic mass is 10.1. The second-order valence-corrected chi connectivity index (χ2v) is 5.59. The Kier molecular flexibility index (Phi) is 5.00. The second-order valence-electron chi connectivity index (χ2n) is 5.18. The van der Waals surface area contributed by atoms with Crippen molar-refractivity contribution >= 4 is 23.2 Å². The number of aryl methyl sites for hydroxylation is 2. The molecule has 0 atom stereocenters. The monoisotopic (exact) mass is 336 g/mol. The largest absolute Gasteiger partial charge is 0.337 e. The number of carbonyl (C=O) groups is 1. The average Bonchev–Trinajstić information content (AvgIpc) is 2.87. The van der Waals surface area contributed by atoms with Crippen molar-refractivity contribution in [1.29, 1.82) is 0 Å². The third-order valence-corrected chi connectivity index (χ3v) is 3.85. The quantitative estimate of drug-likeness (QED) is 0.620. The summed E-state index contributed by atoms with van der Waals surface area (Å²) in [5, 5.41) is 15.4. The predicted octanol–water partition coefficient (Wildman–Crippen LogP) is 3.05. The Morgan fingerprint density at radius 3 is 2.74 bits per heavy atom. The van der Waals surface area contributed by atoms with Crippen LogP contribution in [-0.2, 0) is 13.1 Å². The van der Waals surface area contributed by atoms with Gasteiger partial charge in [-0.2, -0.15) is 5.10 Å². The van der Waals surface area contributed by atoms with E-state index >= 15 is 0 Å². The minimum absolute atomic E-state index is 0.115. The van der Waals surface area contributed by atoms with Gasteiger partial charge in [-0.15, -0.1) is 0 Å². The van der Waals surface area contributed by atoms with Crippen molar-refractivity contribution in [2.45, 2.75) is 26.9 Å². The summed E-state index contributed by atoms with van der Waals surface area (Å²) in [7, 11) is 1.63. The molecule has 0 saturated heterocycles. The SMILES string of the molecule is CCn1cc(CN(C)C(=O)c2cc([N+](=O)[O-])ccc2Cl)c(C)n1. The summed E-state index contributed by atoms with van der Waals surface area (Å²) >= 11 is 6.01. The zero-order chi connectivity index (χ0) is 17.1. The highest BCUT2D eigenvalue weighted by molar-refractivity contribution is 6.33. The fourth-order valence-corrected chi connectivity index (χ4v) is 2.40. The van der Waals surface area contributed by atoms with Crippen LogP contribution in [0, 0.1) is 17.0 Å². The molecule has 0 fully saturated rings. The van der Waals surface area contributed by atoms with Crippen LogP contribution in [0.15, 0.2) is 24.4 Å². The molecule has 23 heavy (non-hydrogen) atoms. The Morgan fingerprint density at radius 2 is 2.17 bits per heavy atom. The molecule has 0 aliphatic carbocycles. The van der Waals surface area contributed by atoms with E-state index in [1.807, 2.05) is 20.0 Å². The van der Waals surface area contributed by atoms with Crippen LogP contribution in [0.25, 0.3) is 0 Å². The number of non-ortho nitro benzene ring substituents is 1. The number of aromatic nitrogens is 2. The molecule has 0 N–H and O–H groups in total. The lowest BCUT2D eigenvalue weighted by molar-refractivity contribution is -0.384. The summed E-state index contributed by atoms with van der Waals surface area (Å²) in [5.74, 6) is -0.373. The van der Waals surface area contributed by atoms with Crippen molar-refractivity contribution in [2.75, 3.05) is 7.05 Å². The van der Waals surface area contributed by atoms with E-state index in [0.29, 0.717) is 6.54 Å². The van der Waals surface area contributed by atoms with Crippen LogP contribution >= 0.6 is 11.6 Å². The van der Waals surface area contributed by atoms with E-state index in [4.69, 9.17) is 11.6 Å². The Balaban J connectivity index is 2.24. The number of hydrogen-bond donors (Lipinski definition) is 0. The van der Waals surface area contributed by atoms with Gasteiger partial charge in [0.2, 0.25) is 0 Å². The lowest BCUT2D eigenvalue weighted by Crippen LogP contribution is -2.26. The Labute approximate surface area is 138 Å². The van der Waals surface area contributed by atoms with Crippen LogP contribution in [0.3, 0.4) is 0 Å². The van der Waals surface area contributed by atoms with E-state index in [1.165, 1.54) is 23.1 Å². The predicted molar refractivity (Wildman–Crippen MR) is 86.5 cm³/mol. The minimum Gasteiger partial charge on any atom is -0.337 e. The van der Waals surface area contributed by atoms with Gasteiger partial charge >= 0.3 is 0 Å². The van der Waals surface area contributed by atoms with Gasteiger partial charge in [-0.1, -0.05) is 11.6 Å². The third-order valence-electron chi connectivity index (χ3n) is 3.52. The van der Waals surface area contributed by atoms with Gasteiger partial charge in [-0.25, -0.2) is 0 Å². The summed E-state index contributed by atoms with van der Waals surface area (Å²) < 4.78 is 1.79. The van der Waals surface area contributed by atoms with E-state index in [0.717, 1.165) is 17.8 Å². The van der Waals surface area contributed by atoms with Crippen LogP contribution in [0.5, 0.6) is 0 Å².